The summed E-state index contributed by atoms with van der Waals surface area (Å²) < 4.78 is 0. The number of hydrogen-bond donors (Lipinski definition) is 1. The van der Waals surface area contributed by atoms with E-state index in [0.717, 1.165) is 18.4 Å². The van der Waals surface area contributed by atoms with E-state index >= 15 is 0 Å². The van der Waals surface area contributed by atoms with E-state index in [2.05, 4.69) is 36.5 Å². The lowest BCUT2D eigenvalue weighted by atomic mass is 10.1. The zero-order valence-electron chi connectivity index (χ0n) is 10.1. The molecule has 0 aliphatic heterocycles. The fourth-order valence-electron chi connectivity index (χ4n) is 2.42. The van der Waals surface area contributed by atoms with E-state index in [1.54, 1.807) is 5.56 Å². The van der Waals surface area contributed by atoms with Gasteiger partial charge in [-0.2, -0.15) is 0 Å². The molecule has 1 heteroatoms. The van der Waals surface area contributed by atoms with Crippen LogP contribution in [0.1, 0.15) is 49.7 Å². The normalized spacial score (nSPS) is 22.1. The topological polar surface area (TPSA) is 12.0 Å². The van der Waals surface area contributed by atoms with E-state index in [-0.39, 0.29) is 0 Å². The highest BCUT2D eigenvalue weighted by atomic mass is 14.9. The molecule has 0 spiro atoms. The quantitative estimate of drug-likeness (QED) is 0.793. The SMILES string of the molecule is CC(NCc1cccc(C2CC2)c1)C1CC1. The van der Waals surface area contributed by atoms with Crippen molar-refractivity contribution in [2.45, 2.75) is 51.1 Å². The standard InChI is InChI=1S/C15H21N/c1-11(13-5-6-13)16-10-12-3-2-4-15(9-12)14-7-8-14/h2-4,9,11,13-14,16H,5-8,10H2,1H3. The van der Waals surface area contributed by atoms with Gasteiger partial charge in [-0.1, -0.05) is 24.3 Å². The molecule has 0 saturated heterocycles. The summed E-state index contributed by atoms with van der Waals surface area (Å²) >= 11 is 0. The number of benzene rings is 1. The average Bonchev–Trinajstić information content (AvgIpc) is 3.20. The van der Waals surface area contributed by atoms with Crippen molar-refractivity contribution < 1.29 is 0 Å². The Morgan fingerprint density at radius 3 is 2.75 bits per heavy atom. The Balaban J connectivity index is 1.58. The van der Waals surface area contributed by atoms with E-state index < -0.39 is 0 Å². The third-order valence-electron chi connectivity index (χ3n) is 3.96. The van der Waals surface area contributed by atoms with Crippen LogP contribution >= 0.6 is 0 Å². The molecule has 86 valence electrons. The largest absolute Gasteiger partial charge is 0.310 e. The van der Waals surface area contributed by atoms with Gasteiger partial charge in [-0.25, -0.2) is 0 Å². The third kappa shape index (κ3) is 2.46. The minimum absolute atomic E-state index is 0.699. The first kappa shape index (κ1) is 10.3. The van der Waals surface area contributed by atoms with E-state index in [9.17, 15) is 0 Å². The van der Waals surface area contributed by atoms with Crippen LogP contribution in [0.5, 0.6) is 0 Å². The van der Waals surface area contributed by atoms with Crippen LogP contribution in [0.3, 0.4) is 0 Å². The van der Waals surface area contributed by atoms with Crippen molar-refractivity contribution in [3.8, 4) is 0 Å². The second-order valence-electron chi connectivity index (χ2n) is 5.53. The highest BCUT2D eigenvalue weighted by Gasteiger charge is 2.27. The zero-order valence-corrected chi connectivity index (χ0v) is 10.1. The molecule has 0 heterocycles. The molecule has 16 heavy (non-hydrogen) atoms. The third-order valence-corrected chi connectivity index (χ3v) is 3.96. The first-order valence-corrected chi connectivity index (χ1v) is 6.65. The Hall–Kier alpha value is -0.820. The summed E-state index contributed by atoms with van der Waals surface area (Å²) in [5.74, 6) is 1.83. The molecule has 2 aliphatic carbocycles. The number of hydrogen-bond acceptors (Lipinski definition) is 1. The monoisotopic (exact) mass is 215 g/mol. The van der Waals surface area contributed by atoms with Gasteiger partial charge in [0.15, 0.2) is 0 Å². The second-order valence-corrected chi connectivity index (χ2v) is 5.53. The molecule has 1 aromatic rings. The highest BCUT2D eigenvalue weighted by Crippen LogP contribution is 2.40. The second kappa shape index (κ2) is 4.21. The molecule has 1 atom stereocenters. The summed E-state index contributed by atoms with van der Waals surface area (Å²) in [4.78, 5) is 0. The predicted molar refractivity (Wildman–Crippen MR) is 67.4 cm³/mol. The Morgan fingerprint density at radius 2 is 2.06 bits per heavy atom. The van der Waals surface area contributed by atoms with E-state index in [1.165, 1.54) is 31.2 Å². The van der Waals surface area contributed by atoms with Crippen molar-refractivity contribution in [3.05, 3.63) is 35.4 Å². The molecular weight excluding hydrogens is 194 g/mol. The number of nitrogens with one attached hydrogen (secondary N) is 1. The van der Waals surface area contributed by atoms with Crippen LogP contribution in [-0.4, -0.2) is 6.04 Å². The Morgan fingerprint density at radius 1 is 1.25 bits per heavy atom. The van der Waals surface area contributed by atoms with Gasteiger partial charge in [0.05, 0.1) is 0 Å². The first-order valence-electron chi connectivity index (χ1n) is 6.65. The molecule has 2 fully saturated rings. The molecule has 2 aliphatic rings. The van der Waals surface area contributed by atoms with Crippen molar-refractivity contribution in [2.75, 3.05) is 0 Å². The zero-order chi connectivity index (χ0) is 11.0. The molecule has 1 N–H and O–H groups in total. The molecular formula is C15H21N. The molecule has 0 amide bonds. The molecule has 0 radical (unpaired) electrons. The fraction of sp³-hybridized carbons (Fsp3) is 0.600. The van der Waals surface area contributed by atoms with Gasteiger partial charge in [0.1, 0.15) is 0 Å². The Bertz CT molecular complexity index is 363. The van der Waals surface area contributed by atoms with Gasteiger partial charge in [0, 0.05) is 12.6 Å². The summed E-state index contributed by atoms with van der Waals surface area (Å²) in [7, 11) is 0. The first-order chi connectivity index (χ1) is 7.83. The van der Waals surface area contributed by atoms with Gasteiger partial charge < -0.3 is 5.32 Å². The van der Waals surface area contributed by atoms with Crippen LogP contribution in [-0.2, 0) is 6.54 Å². The number of rotatable bonds is 5. The highest BCUT2D eigenvalue weighted by molar-refractivity contribution is 5.29. The van der Waals surface area contributed by atoms with Gasteiger partial charge in [-0.05, 0) is 55.6 Å². The Kier molecular flexibility index (Phi) is 2.72. The molecule has 1 unspecified atom stereocenters. The minimum Gasteiger partial charge on any atom is -0.310 e. The molecule has 0 aromatic heterocycles. The van der Waals surface area contributed by atoms with Gasteiger partial charge in [0.2, 0.25) is 0 Å². The van der Waals surface area contributed by atoms with Crippen molar-refractivity contribution in [1.82, 2.24) is 5.32 Å². The fourth-order valence-corrected chi connectivity index (χ4v) is 2.42. The van der Waals surface area contributed by atoms with Crippen LogP contribution in [0.4, 0.5) is 0 Å². The molecule has 2 saturated carbocycles. The van der Waals surface area contributed by atoms with Gasteiger partial charge in [-0.3, -0.25) is 0 Å². The smallest absolute Gasteiger partial charge is 0.0208 e. The van der Waals surface area contributed by atoms with Crippen LogP contribution in [0.2, 0.25) is 0 Å². The van der Waals surface area contributed by atoms with Crippen molar-refractivity contribution >= 4 is 0 Å². The minimum atomic E-state index is 0.699. The lowest BCUT2D eigenvalue weighted by Crippen LogP contribution is -2.27. The van der Waals surface area contributed by atoms with E-state index in [0.29, 0.717) is 6.04 Å². The molecule has 3 rings (SSSR count). The average molecular weight is 215 g/mol. The summed E-state index contributed by atoms with van der Waals surface area (Å²) in [5, 5.41) is 3.65. The van der Waals surface area contributed by atoms with Crippen molar-refractivity contribution in [1.29, 1.82) is 0 Å². The van der Waals surface area contributed by atoms with Crippen LogP contribution in [0.25, 0.3) is 0 Å². The van der Waals surface area contributed by atoms with Crippen LogP contribution in [0, 0.1) is 5.92 Å². The maximum absolute atomic E-state index is 3.65. The van der Waals surface area contributed by atoms with Gasteiger partial charge >= 0.3 is 0 Å². The summed E-state index contributed by atoms with van der Waals surface area (Å²) in [5.41, 5.74) is 3.01. The maximum Gasteiger partial charge on any atom is 0.0208 e. The summed E-state index contributed by atoms with van der Waals surface area (Å²) in [6.07, 6.45) is 5.65. The summed E-state index contributed by atoms with van der Waals surface area (Å²) in [6, 6.07) is 9.84. The molecule has 0 bridgehead atoms. The van der Waals surface area contributed by atoms with Gasteiger partial charge in [-0.15, -0.1) is 0 Å². The predicted octanol–water partition coefficient (Wildman–Crippen LogP) is 3.45. The van der Waals surface area contributed by atoms with Crippen LogP contribution in [0.15, 0.2) is 24.3 Å². The molecule has 1 nitrogen and oxygen atoms in total. The lowest BCUT2D eigenvalue weighted by Gasteiger charge is -2.13. The lowest BCUT2D eigenvalue weighted by molar-refractivity contribution is 0.496. The summed E-state index contributed by atoms with van der Waals surface area (Å²) in [6.45, 7) is 3.36. The van der Waals surface area contributed by atoms with Gasteiger partial charge in [0.25, 0.3) is 0 Å². The van der Waals surface area contributed by atoms with Crippen molar-refractivity contribution in [2.24, 2.45) is 5.92 Å². The van der Waals surface area contributed by atoms with E-state index in [1.807, 2.05) is 0 Å². The van der Waals surface area contributed by atoms with Crippen LogP contribution < -0.4 is 5.32 Å². The van der Waals surface area contributed by atoms with Crippen molar-refractivity contribution in [3.63, 3.8) is 0 Å². The maximum atomic E-state index is 3.65. The van der Waals surface area contributed by atoms with E-state index in [4.69, 9.17) is 0 Å². The Labute approximate surface area is 98.3 Å². The molecule has 1 aromatic carbocycles.